The van der Waals surface area contributed by atoms with Crippen molar-refractivity contribution in [3.05, 3.63) is 81.0 Å². The van der Waals surface area contributed by atoms with Gasteiger partial charge in [0.05, 0.1) is 11.0 Å². The molecule has 128 valence electrons. The van der Waals surface area contributed by atoms with Crippen LogP contribution in [0.1, 0.15) is 32.6 Å². The highest BCUT2D eigenvalue weighted by Crippen LogP contribution is 2.22. The van der Waals surface area contributed by atoms with Crippen LogP contribution in [-0.4, -0.2) is 15.7 Å². The van der Waals surface area contributed by atoms with E-state index in [1.165, 1.54) is 11.1 Å². The van der Waals surface area contributed by atoms with E-state index in [-0.39, 0.29) is 5.91 Å². The van der Waals surface area contributed by atoms with Crippen LogP contribution in [0.15, 0.2) is 53.1 Å². The summed E-state index contributed by atoms with van der Waals surface area (Å²) in [6.07, 6.45) is 1.87. The molecule has 0 aliphatic rings. The lowest BCUT2D eigenvalue weighted by atomic mass is 10.1. The van der Waals surface area contributed by atoms with Gasteiger partial charge in [0.2, 0.25) is 0 Å². The number of carbonyl (C=O) groups is 1. The molecule has 1 amide bonds. The number of carbonyl (C=O) groups excluding carboxylic acids is 1. The average molecular weight is 398 g/mol. The molecule has 0 saturated heterocycles. The van der Waals surface area contributed by atoms with Crippen molar-refractivity contribution in [2.24, 2.45) is 0 Å². The summed E-state index contributed by atoms with van der Waals surface area (Å²) in [5.41, 5.74) is 5.28. The van der Waals surface area contributed by atoms with Crippen molar-refractivity contribution < 1.29 is 4.79 Å². The number of anilines is 1. The lowest BCUT2D eigenvalue weighted by Crippen LogP contribution is -2.13. The van der Waals surface area contributed by atoms with Gasteiger partial charge in [-0.2, -0.15) is 5.10 Å². The maximum atomic E-state index is 12.5. The van der Waals surface area contributed by atoms with E-state index >= 15 is 0 Å². The minimum atomic E-state index is -0.163. The second kappa shape index (κ2) is 7.23. The topological polar surface area (TPSA) is 46.9 Å². The average Bonchev–Trinajstić information content (AvgIpc) is 2.91. The molecule has 1 N–H and O–H groups in total. The number of hydrogen-bond donors (Lipinski definition) is 1. The third kappa shape index (κ3) is 4.17. The lowest BCUT2D eigenvalue weighted by Gasteiger charge is -2.06. The number of nitrogens with zero attached hydrogens (tertiary/aromatic N) is 2. The molecular formula is C20H20BrN3O. The molecule has 0 aliphatic heterocycles. The van der Waals surface area contributed by atoms with Crippen LogP contribution in [0.3, 0.4) is 0 Å². The Morgan fingerprint density at radius 2 is 1.80 bits per heavy atom. The smallest absolute Gasteiger partial charge is 0.256 e. The largest absolute Gasteiger partial charge is 0.304 e. The molecule has 1 aromatic heterocycles. The standard InChI is InChI=1S/C20H20BrN3O/c1-13-4-7-16(8-5-13)11-24-12-18(21)19(23-24)22-20(25)17-9-6-14(2)15(3)10-17/h4-10,12H,11H2,1-3H3,(H,22,23,25). The highest BCUT2D eigenvalue weighted by Gasteiger charge is 2.13. The normalized spacial score (nSPS) is 10.7. The number of nitrogens with one attached hydrogen (secondary N) is 1. The van der Waals surface area contributed by atoms with Crippen LogP contribution in [0.4, 0.5) is 5.82 Å². The van der Waals surface area contributed by atoms with E-state index in [0.29, 0.717) is 17.9 Å². The van der Waals surface area contributed by atoms with E-state index in [1.54, 1.807) is 0 Å². The molecule has 4 nitrogen and oxygen atoms in total. The van der Waals surface area contributed by atoms with E-state index in [9.17, 15) is 4.79 Å². The van der Waals surface area contributed by atoms with Crippen molar-refractivity contribution in [2.75, 3.05) is 5.32 Å². The molecule has 5 heteroatoms. The van der Waals surface area contributed by atoms with Crippen molar-refractivity contribution in [3.8, 4) is 0 Å². The second-order valence-electron chi connectivity index (χ2n) is 6.26. The van der Waals surface area contributed by atoms with E-state index in [2.05, 4.69) is 57.5 Å². The lowest BCUT2D eigenvalue weighted by molar-refractivity contribution is 0.102. The number of amides is 1. The maximum Gasteiger partial charge on any atom is 0.256 e. The summed E-state index contributed by atoms with van der Waals surface area (Å²) < 4.78 is 2.57. The summed E-state index contributed by atoms with van der Waals surface area (Å²) in [6, 6.07) is 14.0. The van der Waals surface area contributed by atoms with Crippen LogP contribution in [0.2, 0.25) is 0 Å². The molecule has 25 heavy (non-hydrogen) atoms. The Bertz CT molecular complexity index is 913. The molecule has 2 aromatic carbocycles. The summed E-state index contributed by atoms with van der Waals surface area (Å²) in [5.74, 6) is 0.361. The monoisotopic (exact) mass is 397 g/mol. The van der Waals surface area contributed by atoms with Gasteiger partial charge < -0.3 is 5.32 Å². The second-order valence-corrected chi connectivity index (χ2v) is 7.12. The number of rotatable bonds is 4. The van der Waals surface area contributed by atoms with Crippen molar-refractivity contribution >= 4 is 27.7 Å². The first-order valence-corrected chi connectivity index (χ1v) is 8.89. The van der Waals surface area contributed by atoms with Crippen LogP contribution in [0, 0.1) is 20.8 Å². The summed E-state index contributed by atoms with van der Waals surface area (Å²) in [5, 5.41) is 7.34. The van der Waals surface area contributed by atoms with Crippen LogP contribution in [0.25, 0.3) is 0 Å². The molecule has 0 radical (unpaired) electrons. The quantitative estimate of drug-likeness (QED) is 0.682. The Labute approximate surface area is 156 Å². The van der Waals surface area contributed by atoms with Gasteiger partial charge in [-0.1, -0.05) is 35.9 Å². The van der Waals surface area contributed by atoms with Crippen molar-refractivity contribution in [2.45, 2.75) is 27.3 Å². The zero-order valence-corrected chi connectivity index (χ0v) is 16.1. The van der Waals surface area contributed by atoms with E-state index in [0.717, 1.165) is 15.6 Å². The predicted octanol–water partition coefficient (Wildman–Crippen LogP) is 4.87. The Morgan fingerprint density at radius 3 is 2.48 bits per heavy atom. The number of hydrogen-bond acceptors (Lipinski definition) is 2. The first kappa shape index (κ1) is 17.4. The molecule has 0 spiro atoms. The van der Waals surface area contributed by atoms with Crippen molar-refractivity contribution in [1.82, 2.24) is 9.78 Å². The van der Waals surface area contributed by atoms with E-state index < -0.39 is 0 Å². The number of aromatic nitrogens is 2. The van der Waals surface area contributed by atoms with Crippen molar-refractivity contribution in [1.29, 1.82) is 0 Å². The first-order chi connectivity index (χ1) is 11.9. The number of benzene rings is 2. The molecule has 0 atom stereocenters. The fraction of sp³-hybridized carbons (Fsp3) is 0.200. The Morgan fingerprint density at radius 1 is 1.08 bits per heavy atom. The highest BCUT2D eigenvalue weighted by molar-refractivity contribution is 9.10. The molecule has 3 aromatic rings. The Kier molecular flexibility index (Phi) is 5.04. The van der Waals surface area contributed by atoms with Gasteiger partial charge in [-0.05, 0) is 65.5 Å². The minimum absolute atomic E-state index is 0.163. The maximum absolute atomic E-state index is 12.5. The van der Waals surface area contributed by atoms with Gasteiger partial charge in [0, 0.05) is 11.8 Å². The Hall–Kier alpha value is -2.40. The van der Waals surface area contributed by atoms with Gasteiger partial charge in [-0.3, -0.25) is 9.48 Å². The molecule has 3 rings (SSSR count). The van der Waals surface area contributed by atoms with Gasteiger partial charge in [0.1, 0.15) is 0 Å². The predicted molar refractivity (Wildman–Crippen MR) is 104 cm³/mol. The van der Waals surface area contributed by atoms with Gasteiger partial charge in [0.15, 0.2) is 5.82 Å². The van der Waals surface area contributed by atoms with Gasteiger partial charge in [-0.15, -0.1) is 0 Å². The van der Waals surface area contributed by atoms with E-state index in [4.69, 9.17) is 0 Å². The molecule has 0 unspecified atom stereocenters. The molecule has 0 aliphatic carbocycles. The molecular weight excluding hydrogens is 378 g/mol. The summed E-state index contributed by atoms with van der Waals surface area (Å²) in [4.78, 5) is 12.5. The molecule has 0 fully saturated rings. The highest BCUT2D eigenvalue weighted by atomic mass is 79.9. The van der Waals surface area contributed by atoms with Gasteiger partial charge in [-0.25, -0.2) is 0 Å². The van der Waals surface area contributed by atoms with Crippen LogP contribution in [-0.2, 0) is 6.54 Å². The number of halogens is 1. The third-order valence-electron chi connectivity index (χ3n) is 4.18. The molecule has 0 bridgehead atoms. The van der Waals surface area contributed by atoms with Crippen LogP contribution < -0.4 is 5.32 Å². The van der Waals surface area contributed by atoms with Gasteiger partial charge in [0.25, 0.3) is 5.91 Å². The fourth-order valence-corrected chi connectivity index (χ4v) is 2.92. The minimum Gasteiger partial charge on any atom is -0.304 e. The van der Waals surface area contributed by atoms with E-state index in [1.807, 2.05) is 42.9 Å². The SMILES string of the molecule is Cc1ccc(Cn2cc(Br)c(NC(=O)c3ccc(C)c(C)c3)n2)cc1. The summed E-state index contributed by atoms with van der Waals surface area (Å²) in [7, 11) is 0. The summed E-state index contributed by atoms with van der Waals surface area (Å²) in [6.45, 7) is 6.74. The zero-order chi connectivity index (χ0) is 18.0. The molecule has 0 saturated carbocycles. The van der Waals surface area contributed by atoms with Crippen LogP contribution >= 0.6 is 15.9 Å². The first-order valence-electron chi connectivity index (χ1n) is 8.09. The fourth-order valence-electron chi connectivity index (χ4n) is 2.51. The third-order valence-corrected chi connectivity index (χ3v) is 4.76. The van der Waals surface area contributed by atoms with Crippen LogP contribution in [0.5, 0.6) is 0 Å². The Balaban J connectivity index is 1.74. The van der Waals surface area contributed by atoms with Gasteiger partial charge >= 0.3 is 0 Å². The number of aryl methyl sites for hydroxylation is 3. The molecule has 1 heterocycles. The zero-order valence-electron chi connectivity index (χ0n) is 14.5. The van der Waals surface area contributed by atoms with Crippen molar-refractivity contribution in [3.63, 3.8) is 0 Å². The summed E-state index contributed by atoms with van der Waals surface area (Å²) >= 11 is 3.47.